The largest absolute Gasteiger partial charge is 0.493 e. The summed E-state index contributed by atoms with van der Waals surface area (Å²) in [6, 6.07) is 12.2. The molecule has 2 amide bonds. The number of nitrogens with zero attached hydrogens (tertiary/aromatic N) is 2. The normalized spacial score (nSPS) is 16.3. The Kier molecular flexibility index (Phi) is 7.23. The molecule has 1 atom stereocenters. The smallest absolute Gasteiger partial charge is 0.227 e. The molecule has 0 spiro atoms. The van der Waals surface area contributed by atoms with Crippen LogP contribution in [0.1, 0.15) is 24.0 Å². The number of carbonyl (C=O) groups excluding carboxylic acids is 2. The van der Waals surface area contributed by atoms with E-state index in [1.165, 1.54) is 12.1 Å². The summed E-state index contributed by atoms with van der Waals surface area (Å²) < 4.78 is 28.9. The second kappa shape index (κ2) is 9.73. The highest BCUT2D eigenvalue weighted by Gasteiger charge is 2.36. The first kappa shape index (κ1) is 23.8. The summed E-state index contributed by atoms with van der Waals surface area (Å²) in [4.78, 5) is 29.0. The summed E-state index contributed by atoms with van der Waals surface area (Å²) in [7, 11) is -1.56. The number of anilines is 1. The Morgan fingerprint density at radius 2 is 1.91 bits per heavy atom. The van der Waals surface area contributed by atoms with Crippen LogP contribution in [0.3, 0.4) is 0 Å². The lowest BCUT2D eigenvalue weighted by Crippen LogP contribution is -2.35. The molecule has 2 aromatic rings. The van der Waals surface area contributed by atoms with Crippen molar-refractivity contribution in [1.29, 1.82) is 0 Å². The van der Waals surface area contributed by atoms with E-state index in [1.807, 2.05) is 32.0 Å². The molecule has 1 unspecified atom stereocenters. The third kappa shape index (κ3) is 5.48. The molecule has 0 aliphatic carbocycles. The molecule has 1 aliphatic rings. The second-order valence-corrected chi connectivity index (χ2v) is 10.3. The summed E-state index contributed by atoms with van der Waals surface area (Å²) in [5, 5.41) is 0. The maximum Gasteiger partial charge on any atom is 0.227 e. The average molecular weight is 459 g/mol. The van der Waals surface area contributed by atoms with Crippen LogP contribution in [0, 0.1) is 19.8 Å². The fourth-order valence-electron chi connectivity index (χ4n) is 3.84. The highest BCUT2D eigenvalue weighted by atomic mass is 32.2. The molecule has 3 rings (SSSR count). The minimum atomic E-state index is -3.29. The SMILES string of the molecule is Cc1cccc(N2CC(C(=O)N(C)CCCOc3cccc(S(C)(=O)=O)c3)CC2=O)c1C. The molecule has 0 radical (unpaired) electrons. The molecular formula is C24H30N2O5S. The molecule has 7 nitrogen and oxygen atoms in total. The number of aryl methyl sites for hydroxylation is 1. The quantitative estimate of drug-likeness (QED) is 0.568. The van der Waals surface area contributed by atoms with Crippen molar-refractivity contribution < 1.29 is 22.7 Å². The zero-order valence-corrected chi connectivity index (χ0v) is 19.8. The standard InChI is InChI=1S/C24H30N2O5S/c1-17-8-5-11-22(18(17)2)26-16-19(14-23(26)27)24(28)25(3)12-7-13-31-20-9-6-10-21(15-20)32(4,29)30/h5-6,8-11,15,19H,7,12-14,16H2,1-4H3. The van der Waals surface area contributed by atoms with Gasteiger partial charge in [-0.15, -0.1) is 0 Å². The van der Waals surface area contributed by atoms with E-state index in [0.717, 1.165) is 23.1 Å². The first-order valence-electron chi connectivity index (χ1n) is 10.6. The van der Waals surface area contributed by atoms with Gasteiger partial charge in [0.25, 0.3) is 0 Å². The molecule has 0 aromatic heterocycles. The number of ether oxygens (including phenoxy) is 1. The maximum absolute atomic E-state index is 12.9. The lowest BCUT2D eigenvalue weighted by molar-refractivity contribution is -0.134. The van der Waals surface area contributed by atoms with E-state index in [1.54, 1.807) is 29.0 Å². The topological polar surface area (TPSA) is 84.0 Å². The van der Waals surface area contributed by atoms with Crippen molar-refractivity contribution >= 4 is 27.3 Å². The van der Waals surface area contributed by atoms with Gasteiger partial charge >= 0.3 is 0 Å². The van der Waals surface area contributed by atoms with Gasteiger partial charge in [0.1, 0.15) is 5.75 Å². The molecule has 0 bridgehead atoms. The van der Waals surface area contributed by atoms with Crippen LogP contribution >= 0.6 is 0 Å². The van der Waals surface area contributed by atoms with E-state index in [0.29, 0.717) is 31.9 Å². The van der Waals surface area contributed by atoms with Crippen molar-refractivity contribution in [3.63, 3.8) is 0 Å². The summed E-state index contributed by atoms with van der Waals surface area (Å²) in [5.41, 5.74) is 3.04. The van der Waals surface area contributed by atoms with Crippen molar-refractivity contribution in [3.8, 4) is 5.75 Å². The Morgan fingerprint density at radius 3 is 2.62 bits per heavy atom. The third-order valence-electron chi connectivity index (χ3n) is 5.86. The zero-order chi connectivity index (χ0) is 23.5. The molecule has 0 saturated carbocycles. The van der Waals surface area contributed by atoms with Crippen molar-refractivity contribution in [3.05, 3.63) is 53.6 Å². The molecule has 1 heterocycles. The van der Waals surface area contributed by atoms with Crippen molar-refractivity contribution in [1.82, 2.24) is 4.90 Å². The summed E-state index contributed by atoms with van der Waals surface area (Å²) in [6.45, 7) is 5.23. The van der Waals surface area contributed by atoms with Crippen LogP contribution in [0.25, 0.3) is 0 Å². The average Bonchev–Trinajstić information content (AvgIpc) is 3.13. The molecule has 0 N–H and O–H groups in total. The third-order valence-corrected chi connectivity index (χ3v) is 6.97. The van der Waals surface area contributed by atoms with Gasteiger partial charge in [-0.1, -0.05) is 18.2 Å². The highest BCUT2D eigenvalue weighted by Crippen LogP contribution is 2.30. The number of hydrogen-bond acceptors (Lipinski definition) is 5. The lowest BCUT2D eigenvalue weighted by Gasteiger charge is -2.22. The van der Waals surface area contributed by atoms with Crippen LogP contribution in [0.4, 0.5) is 5.69 Å². The van der Waals surface area contributed by atoms with Gasteiger partial charge in [-0.2, -0.15) is 0 Å². The Morgan fingerprint density at radius 1 is 1.19 bits per heavy atom. The van der Waals surface area contributed by atoms with Gasteiger partial charge in [0, 0.05) is 38.5 Å². The zero-order valence-electron chi connectivity index (χ0n) is 19.0. The number of hydrogen-bond donors (Lipinski definition) is 0. The van der Waals surface area contributed by atoms with E-state index in [2.05, 4.69) is 0 Å². The van der Waals surface area contributed by atoms with E-state index in [-0.39, 0.29) is 29.0 Å². The van der Waals surface area contributed by atoms with E-state index >= 15 is 0 Å². The molecule has 1 fully saturated rings. The fourth-order valence-corrected chi connectivity index (χ4v) is 4.50. The van der Waals surface area contributed by atoms with Crippen LogP contribution in [0.15, 0.2) is 47.4 Å². The van der Waals surface area contributed by atoms with Gasteiger partial charge in [0.05, 0.1) is 17.4 Å². The van der Waals surface area contributed by atoms with Crippen molar-refractivity contribution in [2.24, 2.45) is 5.92 Å². The molecule has 1 aliphatic heterocycles. The van der Waals surface area contributed by atoms with Crippen LogP contribution in [0.2, 0.25) is 0 Å². The Bertz CT molecular complexity index is 1110. The van der Waals surface area contributed by atoms with Gasteiger partial charge in [0.15, 0.2) is 9.84 Å². The van der Waals surface area contributed by atoms with Gasteiger partial charge in [-0.05, 0) is 55.7 Å². The van der Waals surface area contributed by atoms with Gasteiger partial charge in [-0.25, -0.2) is 8.42 Å². The molecule has 32 heavy (non-hydrogen) atoms. The number of rotatable bonds is 8. The molecule has 2 aromatic carbocycles. The van der Waals surface area contributed by atoms with Gasteiger partial charge in [0.2, 0.25) is 11.8 Å². The minimum Gasteiger partial charge on any atom is -0.493 e. The summed E-state index contributed by atoms with van der Waals surface area (Å²) in [6.07, 6.45) is 1.96. The van der Waals surface area contributed by atoms with Gasteiger partial charge in [-0.3, -0.25) is 9.59 Å². The van der Waals surface area contributed by atoms with Crippen LogP contribution in [-0.2, 0) is 19.4 Å². The van der Waals surface area contributed by atoms with Gasteiger partial charge < -0.3 is 14.5 Å². The van der Waals surface area contributed by atoms with E-state index < -0.39 is 9.84 Å². The minimum absolute atomic E-state index is 0.0282. The highest BCUT2D eigenvalue weighted by molar-refractivity contribution is 7.90. The van der Waals surface area contributed by atoms with E-state index in [4.69, 9.17) is 4.74 Å². The number of sulfone groups is 1. The monoisotopic (exact) mass is 458 g/mol. The first-order valence-corrected chi connectivity index (χ1v) is 12.5. The number of carbonyl (C=O) groups is 2. The Balaban J connectivity index is 1.51. The molecule has 1 saturated heterocycles. The van der Waals surface area contributed by atoms with E-state index in [9.17, 15) is 18.0 Å². The lowest BCUT2D eigenvalue weighted by atomic mass is 10.1. The van der Waals surface area contributed by atoms with Crippen molar-refractivity contribution in [2.45, 2.75) is 31.6 Å². The summed E-state index contributed by atoms with van der Waals surface area (Å²) >= 11 is 0. The predicted octanol–water partition coefficient (Wildman–Crippen LogP) is 2.99. The van der Waals surface area contributed by atoms with Crippen LogP contribution in [-0.4, -0.2) is 58.1 Å². The van der Waals surface area contributed by atoms with Crippen LogP contribution in [0.5, 0.6) is 5.75 Å². The van der Waals surface area contributed by atoms with Crippen LogP contribution < -0.4 is 9.64 Å². The first-order chi connectivity index (χ1) is 15.1. The number of amides is 2. The maximum atomic E-state index is 12.9. The second-order valence-electron chi connectivity index (χ2n) is 8.33. The molecule has 172 valence electrons. The Hall–Kier alpha value is -2.87. The molecular weight excluding hydrogens is 428 g/mol. The Labute approximate surface area is 189 Å². The fraction of sp³-hybridized carbons (Fsp3) is 0.417. The predicted molar refractivity (Wildman–Crippen MR) is 124 cm³/mol. The summed E-state index contributed by atoms with van der Waals surface area (Å²) in [5.74, 6) is 0.0389. The van der Waals surface area contributed by atoms with Crippen molar-refractivity contribution in [2.75, 3.05) is 37.9 Å². The molecule has 8 heteroatoms. The number of benzene rings is 2.